The second kappa shape index (κ2) is 7.92. The lowest BCUT2D eigenvalue weighted by Gasteiger charge is -2.40. The number of hydrogen-bond donors (Lipinski definition) is 2. The third kappa shape index (κ3) is 2.85. The average molecular weight is 466 g/mol. The van der Waals surface area contributed by atoms with Gasteiger partial charge in [-0.3, -0.25) is 9.78 Å². The molecule has 0 bridgehead atoms. The van der Waals surface area contributed by atoms with E-state index in [2.05, 4.69) is 11.1 Å². The predicted octanol–water partition coefficient (Wildman–Crippen LogP) is 2.16. The molecule has 174 valence electrons. The zero-order valence-electron chi connectivity index (χ0n) is 19.1. The zero-order valence-corrected chi connectivity index (χ0v) is 19.1. The first-order valence-electron chi connectivity index (χ1n) is 11.1. The van der Waals surface area contributed by atoms with Crippen LogP contribution in [-0.2, 0) is 16.0 Å². The summed E-state index contributed by atoms with van der Waals surface area (Å²) in [7, 11) is 3.17. The summed E-state index contributed by atoms with van der Waals surface area (Å²) in [5.41, 5.74) is -2.17. The highest BCUT2D eigenvalue weighted by atomic mass is 16.5. The number of ether oxygens (including phenoxy) is 1. The van der Waals surface area contributed by atoms with Crippen molar-refractivity contribution in [3.05, 3.63) is 94.8 Å². The molecular formula is C27H22N4O4. The van der Waals surface area contributed by atoms with E-state index in [0.29, 0.717) is 16.7 Å². The smallest absolute Gasteiger partial charge is 0.228 e. The molecule has 1 fully saturated rings. The summed E-state index contributed by atoms with van der Waals surface area (Å²) in [5, 5.41) is 43.5. The molecule has 2 aromatic carbocycles. The number of aromatic nitrogens is 1. The van der Waals surface area contributed by atoms with Crippen LogP contribution in [0.25, 0.3) is 0 Å². The molecule has 1 aliphatic carbocycles. The van der Waals surface area contributed by atoms with Crippen molar-refractivity contribution in [3.63, 3.8) is 0 Å². The van der Waals surface area contributed by atoms with Gasteiger partial charge >= 0.3 is 0 Å². The van der Waals surface area contributed by atoms with Crippen molar-refractivity contribution in [1.29, 1.82) is 10.5 Å². The number of carbonyl (C=O) groups excluding carboxylic acids is 1. The molecule has 2 aliphatic rings. The Morgan fingerprint density at radius 3 is 2.34 bits per heavy atom. The molecular weight excluding hydrogens is 444 g/mol. The Labute approximate surface area is 202 Å². The van der Waals surface area contributed by atoms with E-state index in [1.54, 1.807) is 38.4 Å². The second-order valence-corrected chi connectivity index (χ2v) is 9.06. The molecule has 5 atom stereocenters. The number of nitriles is 2. The number of rotatable bonds is 3. The Bertz CT molecular complexity index is 1390. The first kappa shape index (κ1) is 22.5. The molecule has 1 aliphatic heterocycles. The van der Waals surface area contributed by atoms with Crippen LogP contribution in [0.15, 0.2) is 67.0 Å². The van der Waals surface area contributed by atoms with E-state index in [0.717, 1.165) is 0 Å². The van der Waals surface area contributed by atoms with E-state index >= 15 is 0 Å². The van der Waals surface area contributed by atoms with Gasteiger partial charge < -0.3 is 19.8 Å². The van der Waals surface area contributed by atoms with Crippen LogP contribution in [0.2, 0.25) is 0 Å². The normalized spacial score (nSPS) is 28.2. The number of amides is 1. The fraction of sp³-hybridized carbons (Fsp3) is 0.259. The van der Waals surface area contributed by atoms with Crippen LogP contribution < -0.4 is 4.74 Å². The fourth-order valence-corrected chi connectivity index (χ4v) is 5.73. The molecule has 2 heterocycles. The molecule has 35 heavy (non-hydrogen) atoms. The molecule has 1 aromatic heterocycles. The van der Waals surface area contributed by atoms with Crippen molar-refractivity contribution in [2.75, 3.05) is 14.1 Å². The maximum atomic E-state index is 13.5. The first-order valence-corrected chi connectivity index (χ1v) is 11.1. The molecule has 8 nitrogen and oxygen atoms in total. The van der Waals surface area contributed by atoms with Gasteiger partial charge in [-0.15, -0.1) is 0 Å². The lowest BCUT2D eigenvalue weighted by atomic mass is 9.70. The quantitative estimate of drug-likeness (QED) is 0.605. The molecule has 1 amide bonds. The summed E-state index contributed by atoms with van der Waals surface area (Å²) in [6.45, 7) is 0. The summed E-state index contributed by atoms with van der Waals surface area (Å²) in [4.78, 5) is 19.0. The fourth-order valence-electron chi connectivity index (χ4n) is 5.73. The first-order chi connectivity index (χ1) is 16.8. The van der Waals surface area contributed by atoms with Gasteiger partial charge in [0.2, 0.25) is 5.91 Å². The van der Waals surface area contributed by atoms with E-state index in [1.807, 2.05) is 36.4 Å². The third-order valence-corrected chi connectivity index (χ3v) is 7.14. The number of fused-ring (bicyclic) bond motifs is 3. The van der Waals surface area contributed by atoms with Crippen LogP contribution in [0, 0.1) is 28.6 Å². The number of hydrogen-bond acceptors (Lipinski definition) is 7. The predicted molar refractivity (Wildman–Crippen MR) is 124 cm³/mol. The van der Waals surface area contributed by atoms with Crippen LogP contribution in [0.3, 0.4) is 0 Å². The second-order valence-electron chi connectivity index (χ2n) is 9.06. The van der Waals surface area contributed by atoms with Crippen molar-refractivity contribution in [2.45, 2.75) is 23.2 Å². The highest BCUT2D eigenvalue weighted by Crippen LogP contribution is 2.68. The van der Waals surface area contributed by atoms with E-state index in [4.69, 9.17) is 4.74 Å². The minimum atomic E-state index is -2.17. The van der Waals surface area contributed by atoms with Crippen LogP contribution in [-0.4, -0.2) is 46.2 Å². The average Bonchev–Trinajstić information content (AvgIpc) is 3.27. The molecule has 0 spiro atoms. The van der Waals surface area contributed by atoms with E-state index in [1.165, 1.54) is 17.3 Å². The Morgan fingerprint density at radius 2 is 1.74 bits per heavy atom. The minimum absolute atomic E-state index is 0.0457. The number of carbonyl (C=O) groups is 1. The van der Waals surface area contributed by atoms with Gasteiger partial charge in [0.15, 0.2) is 11.2 Å². The Balaban J connectivity index is 1.90. The lowest BCUT2D eigenvalue weighted by Crippen LogP contribution is -2.52. The summed E-state index contributed by atoms with van der Waals surface area (Å²) in [5.74, 6) is -2.17. The largest absolute Gasteiger partial charge is 0.476 e. The summed E-state index contributed by atoms with van der Waals surface area (Å²) >= 11 is 0. The van der Waals surface area contributed by atoms with Crippen LogP contribution >= 0.6 is 0 Å². The molecule has 5 unspecified atom stereocenters. The number of aliphatic hydroxyl groups excluding tert-OH is 1. The van der Waals surface area contributed by atoms with Gasteiger partial charge in [-0.25, -0.2) is 0 Å². The molecule has 1 saturated carbocycles. The van der Waals surface area contributed by atoms with Crippen LogP contribution in [0.1, 0.15) is 33.7 Å². The molecule has 3 aromatic rings. The van der Waals surface area contributed by atoms with Gasteiger partial charge in [0.1, 0.15) is 17.9 Å². The number of pyridine rings is 1. The van der Waals surface area contributed by atoms with Crippen molar-refractivity contribution in [1.82, 2.24) is 9.88 Å². The van der Waals surface area contributed by atoms with Gasteiger partial charge in [0, 0.05) is 26.2 Å². The van der Waals surface area contributed by atoms with E-state index in [-0.39, 0.29) is 22.8 Å². The van der Waals surface area contributed by atoms with Crippen LogP contribution in [0.4, 0.5) is 0 Å². The minimum Gasteiger partial charge on any atom is -0.476 e. The van der Waals surface area contributed by atoms with E-state index < -0.39 is 29.1 Å². The van der Waals surface area contributed by atoms with Crippen molar-refractivity contribution >= 4 is 5.91 Å². The molecule has 5 rings (SSSR count). The topological polar surface area (TPSA) is 130 Å². The molecule has 8 heteroatoms. The Hall–Kier alpha value is -4.24. The highest BCUT2D eigenvalue weighted by Gasteiger charge is 2.77. The SMILES string of the molecule is CN(C)C(=O)C1C(O)C2(O)c3c(C#N)cncc3OC2(c2ccc(C#N)cc2)C1c1ccccc1. The zero-order chi connectivity index (χ0) is 25.0. The maximum absolute atomic E-state index is 13.5. The Morgan fingerprint density at radius 1 is 1.06 bits per heavy atom. The summed E-state index contributed by atoms with van der Waals surface area (Å²) in [6, 6.07) is 19.7. The van der Waals surface area contributed by atoms with Crippen molar-refractivity contribution < 1.29 is 19.7 Å². The monoisotopic (exact) mass is 466 g/mol. The van der Waals surface area contributed by atoms with Gasteiger partial charge in [-0.05, 0) is 23.3 Å². The number of aliphatic hydroxyl groups is 2. The summed E-state index contributed by atoms with van der Waals surface area (Å²) in [6.07, 6.45) is 1.09. The van der Waals surface area contributed by atoms with Gasteiger partial charge in [0.05, 0.1) is 34.9 Å². The maximum Gasteiger partial charge on any atom is 0.228 e. The standard InChI is InChI=1S/C27H22N4O4/c1-31(2)25(33)21-23(17-6-4-3-5-7-17)27(19-10-8-16(12-28)9-11-19)26(34,24(21)32)22-18(13-29)14-30-15-20(22)35-27/h3-11,14-15,21,23-24,32,34H,1-2H3. The summed E-state index contributed by atoms with van der Waals surface area (Å²) < 4.78 is 6.54. The number of nitrogens with zero attached hydrogens (tertiary/aromatic N) is 4. The highest BCUT2D eigenvalue weighted by molar-refractivity contribution is 5.82. The molecule has 0 saturated heterocycles. The lowest BCUT2D eigenvalue weighted by molar-refractivity contribution is -0.156. The molecule has 0 radical (unpaired) electrons. The third-order valence-electron chi connectivity index (χ3n) is 7.14. The molecule has 2 N–H and O–H groups in total. The van der Waals surface area contributed by atoms with Gasteiger partial charge in [0.25, 0.3) is 0 Å². The van der Waals surface area contributed by atoms with Crippen LogP contribution in [0.5, 0.6) is 5.75 Å². The van der Waals surface area contributed by atoms with Gasteiger partial charge in [-0.2, -0.15) is 10.5 Å². The Kier molecular flexibility index (Phi) is 5.10. The van der Waals surface area contributed by atoms with Crippen molar-refractivity contribution in [2.24, 2.45) is 5.92 Å². The van der Waals surface area contributed by atoms with Gasteiger partial charge in [-0.1, -0.05) is 42.5 Å². The van der Waals surface area contributed by atoms with Crippen molar-refractivity contribution in [3.8, 4) is 17.9 Å². The number of benzene rings is 2. The van der Waals surface area contributed by atoms with E-state index in [9.17, 15) is 25.5 Å².